The van der Waals surface area contributed by atoms with Crippen molar-refractivity contribution in [3.63, 3.8) is 0 Å². The van der Waals surface area contributed by atoms with E-state index in [4.69, 9.17) is 18.9 Å². The zero-order valence-electron chi connectivity index (χ0n) is 28.5. The highest BCUT2D eigenvalue weighted by Crippen LogP contribution is 2.23. The fourth-order valence-corrected chi connectivity index (χ4v) is 3.77. The molecule has 1 aromatic rings. The second-order valence-electron chi connectivity index (χ2n) is 14.0. The average Bonchev–Trinajstić information content (AvgIpc) is 2.88. The Bertz CT molecular complexity index is 1240. The Hall–Kier alpha value is -4.15. The largest absolute Gasteiger partial charge is 0.459 e. The van der Waals surface area contributed by atoms with Gasteiger partial charge in [-0.1, -0.05) is 77.6 Å². The summed E-state index contributed by atoms with van der Waals surface area (Å²) >= 11 is 0. The molecule has 0 aliphatic rings. The van der Waals surface area contributed by atoms with Gasteiger partial charge in [-0.25, -0.2) is 19.2 Å². The summed E-state index contributed by atoms with van der Waals surface area (Å²) in [6, 6.07) is 4.48. The van der Waals surface area contributed by atoms with Crippen LogP contribution >= 0.6 is 0 Å². The SMILES string of the molecule is C=C/C=C(\COC(=O)C(NC(=O)OC(C)(C)C)C(C)(C)C)c1ccc(C(=O)COC(=O)C(NC(=O)OC(C)(C)C)C(C)C)cc1. The highest BCUT2D eigenvalue weighted by molar-refractivity contribution is 5.98. The van der Waals surface area contributed by atoms with Crippen LogP contribution in [-0.4, -0.2) is 66.4 Å². The molecule has 0 bridgehead atoms. The van der Waals surface area contributed by atoms with Crippen molar-refractivity contribution in [3.05, 3.63) is 54.1 Å². The Labute approximate surface area is 267 Å². The first-order valence-corrected chi connectivity index (χ1v) is 14.8. The number of Topliss-reactive ketones (excluding diaryl/α,β-unsaturated/α-hetero) is 1. The standard InChI is InChI=1S/C34H50N2O9/c1-13-14-24(19-42-29(39)27(32(4,5)6)36-31(41)45-34(10,11)12)22-15-17-23(18-16-22)25(37)20-43-28(38)26(21(2)3)35-30(40)44-33(7,8)9/h13-18,21,26-27H,1,19-20H2,2-12H3,(H,35,40)(H,36,41)/b24-14+. The Morgan fingerprint density at radius 2 is 1.20 bits per heavy atom. The Morgan fingerprint density at radius 1 is 0.733 bits per heavy atom. The Kier molecular flexibility index (Phi) is 14.0. The van der Waals surface area contributed by atoms with E-state index in [0.29, 0.717) is 11.1 Å². The maximum atomic E-state index is 13.0. The van der Waals surface area contributed by atoms with Gasteiger partial charge in [0.05, 0.1) is 0 Å². The number of rotatable bonds is 12. The van der Waals surface area contributed by atoms with Crippen molar-refractivity contribution < 1.29 is 42.9 Å². The highest BCUT2D eigenvalue weighted by Gasteiger charge is 2.35. The lowest BCUT2D eigenvalue weighted by molar-refractivity contribution is -0.147. The van der Waals surface area contributed by atoms with Crippen LogP contribution in [0.25, 0.3) is 5.57 Å². The minimum Gasteiger partial charge on any atom is -0.459 e. The van der Waals surface area contributed by atoms with Gasteiger partial charge >= 0.3 is 24.1 Å². The molecule has 11 heteroatoms. The van der Waals surface area contributed by atoms with Gasteiger partial charge < -0.3 is 29.6 Å². The van der Waals surface area contributed by atoms with Gasteiger partial charge in [0.1, 0.15) is 29.9 Å². The fraction of sp³-hybridized carbons (Fsp3) is 0.559. The minimum atomic E-state index is -0.999. The van der Waals surface area contributed by atoms with Gasteiger partial charge in [0.2, 0.25) is 0 Å². The molecule has 0 aromatic heterocycles. The number of alkyl carbamates (subject to hydrolysis) is 2. The van der Waals surface area contributed by atoms with Crippen LogP contribution in [0.2, 0.25) is 0 Å². The van der Waals surface area contributed by atoms with E-state index in [1.807, 2.05) is 0 Å². The number of nitrogens with one attached hydrogen (secondary N) is 2. The highest BCUT2D eigenvalue weighted by atomic mass is 16.6. The molecular formula is C34H50N2O9. The molecule has 2 N–H and O–H groups in total. The van der Waals surface area contributed by atoms with Crippen LogP contribution in [0.3, 0.4) is 0 Å². The minimum absolute atomic E-state index is 0.125. The van der Waals surface area contributed by atoms with Gasteiger partial charge in [-0.3, -0.25) is 4.79 Å². The van der Waals surface area contributed by atoms with Crippen LogP contribution in [0, 0.1) is 11.3 Å². The van der Waals surface area contributed by atoms with Gasteiger partial charge in [0.15, 0.2) is 12.4 Å². The lowest BCUT2D eigenvalue weighted by atomic mass is 9.87. The van der Waals surface area contributed by atoms with Crippen molar-refractivity contribution in [1.82, 2.24) is 10.6 Å². The summed E-state index contributed by atoms with van der Waals surface area (Å²) in [7, 11) is 0. The Balaban J connectivity index is 2.90. The molecule has 2 amide bonds. The van der Waals surface area contributed by atoms with Crippen LogP contribution in [0.1, 0.15) is 92.1 Å². The first kappa shape index (κ1) is 38.9. The molecule has 1 rings (SSSR count). The third-order valence-electron chi connectivity index (χ3n) is 5.97. The third kappa shape index (κ3) is 14.5. The van der Waals surface area contributed by atoms with Gasteiger partial charge in [-0.15, -0.1) is 0 Å². The average molecular weight is 631 g/mol. The predicted octanol–water partition coefficient (Wildman–Crippen LogP) is 6.01. The van der Waals surface area contributed by atoms with E-state index < -0.39 is 65.2 Å². The molecule has 11 nitrogen and oxygen atoms in total. The van der Waals surface area contributed by atoms with Gasteiger partial charge in [-0.2, -0.15) is 0 Å². The van der Waals surface area contributed by atoms with Crippen LogP contribution in [0.15, 0.2) is 43.0 Å². The predicted molar refractivity (Wildman–Crippen MR) is 171 cm³/mol. The van der Waals surface area contributed by atoms with E-state index in [-0.39, 0.29) is 18.1 Å². The molecule has 0 aliphatic heterocycles. The number of ether oxygens (including phenoxy) is 4. The number of carbonyl (C=O) groups is 5. The van der Waals surface area contributed by atoms with E-state index in [9.17, 15) is 24.0 Å². The molecule has 0 fully saturated rings. The number of hydrogen-bond donors (Lipinski definition) is 2. The lowest BCUT2D eigenvalue weighted by Crippen LogP contribution is -2.51. The summed E-state index contributed by atoms with van der Waals surface area (Å²) in [4.78, 5) is 63.0. The number of carbonyl (C=O) groups excluding carboxylic acids is 5. The van der Waals surface area contributed by atoms with Crippen molar-refractivity contribution in [2.24, 2.45) is 11.3 Å². The number of benzene rings is 1. The molecule has 0 aliphatic carbocycles. The van der Waals surface area contributed by atoms with Crippen molar-refractivity contribution >= 4 is 35.5 Å². The van der Waals surface area contributed by atoms with Crippen molar-refractivity contribution in [2.45, 2.75) is 99.4 Å². The molecule has 0 saturated heterocycles. The summed E-state index contributed by atoms with van der Waals surface area (Å²) in [5.74, 6) is -2.15. The first-order chi connectivity index (χ1) is 20.5. The van der Waals surface area contributed by atoms with Crippen molar-refractivity contribution in [2.75, 3.05) is 13.2 Å². The first-order valence-electron chi connectivity index (χ1n) is 14.8. The lowest BCUT2D eigenvalue weighted by Gasteiger charge is -2.30. The second-order valence-corrected chi connectivity index (χ2v) is 14.0. The molecule has 0 radical (unpaired) electrons. The Morgan fingerprint density at radius 3 is 1.64 bits per heavy atom. The van der Waals surface area contributed by atoms with E-state index in [1.165, 1.54) is 0 Å². The topological polar surface area (TPSA) is 146 Å². The van der Waals surface area contributed by atoms with Gasteiger partial charge in [-0.05, 0) is 64.0 Å². The molecule has 2 atom stereocenters. The quantitative estimate of drug-likeness (QED) is 0.123. The van der Waals surface area contributed by atoms with Crippen molar-refractivity contribution in [1.29, 1.82) is 0 Å². The summed E-state index contributed by atoms with van der Waals surface area (Å²) in [5, 5.41) is 5.10. The molecule has 0 saturated carbocycles. The summed E-state index contributed by atoms with van der Waals surface area (Å²) in [5.41, 5.74) is -0.596. The number of hydrogen-bond acceptors (Lipinski definition) is 9. The van der Waals surface area contributed by atoms with E-state index in [1.54, 1.807) is 113 Å². The monoisotopic (exact) mass is 630 g/mol. The summed E-state index contributed by atoms with van der Waals surface area (Å²) in [6.45, 7) is 22.2. The second kappa shape index (κ2) is 16.2. The van der Waals surface area contributed by atoms with E-state index in [0.717, 1.165) is 0 Å². The molecule has 250 valence electrons. The number of ketones is 1. The van der Waals surface area contributed by atoms with Gasteiger partial charge in [0, 0.05) is 5.56 Å². The molecule has 1 aromatic carbocycles. The van der Waals surface area contributed by atoms with Gasteiger partial charge in [0.25, 0.3) is 0 Å². The van der Waals surface area contributed by atoms with Crippen molar-refractivity contribution in [3.8, 4) is 0 Å². The zero-order chi connectivity index (χ0) is 34.8. The third-order valence-corrected chi connectivity index (χ3v) is 5.97. The maximum Gasteiger partial charge on any atom is 0.408 e. The van der Waals surface area contributed by atoms with Crippen LogP contribution in [-0.2, 0) is 28.5 Å². The van der Waals surface area contributed by atoms with Crippen LogP contribution < -0.4 is 10.6 Å². The van der Waals surface area contributed by atoms with Crippen LogP contribution in [0.5, 0.6) is 0 Å². The molecular weight excluding hydrogens is 580 g/mol. The normalized spacial score (nSPS) is 13.6. The smallest absolute Gasteiger partial charge is 0.408 e. The van der Waals surface area contributed by atoms with E-state index >= 15 is 0 Å². The maximum absolute atomic E-state index is 13.0. The molecule has 0 heterocycles. The molecule has 2 unspecified atom stereocenters. The zero-order valence-corrected chi connectivity index (χ0v) is 28.5. The molecule has 45 heavy (non-hydrogen) atoms. The summed E-state index contributed by atoms with van der Waals surface area (Å²) in [6.07, 6.45) is 1.72. The fourth-order valence-electron chi connectivity index (χ4n) is 3.77. The number of amides is 2. The number of allylic oxidation sites excluding steroid dienone is 2. The van der Waals surface area contributed by atoms with E-state index in [2.05, 4.69) is 17.2 Å². The number of esters is 2. The molecule has 0 spiro atoms. The summed E-state index contributed by atoms with van der Waals surface area (Å²) < 4.78 is 21.3. The van der Waals surface area contributed by atoms with Crippen LogP contribution in [0.4, 0.5) is 9.59 Å².